The van der Waals surface area contributed by atoms with E-state index in [1.807, 2.05) is 14.1 Å². The largest absolute Gasteiger partial charge is 0.480 e. The number of hydrogen-bond acceptors (Lipinski definition) is 2. The molecule has 0 unspecified atom stereocenters. The maximum atomic E-state index is 11.0. The van der Waals surface area contributed by atoms with Crippen LogP contribution < -0.4 is 0 Å². The lowest BCUT2D eigenvalue weighted by Crippen LogP contribution is -2.35. The molecule has 0 aromatic carbocycles. The lowest BCUT2D eigenvalue weighted by Gasteiger charge is -2.19. The van der Waals surface area contributed by atoms with Crippen LogP contribution in [0.15, 0.2) is 0 Å². The van der Waals surface area contributed by atoms with E-state index in [9.17, 15) is 4.79 Å². The van der Waals surface area contributed by atoms with Gasteiger partial charge in [0, 0.05) is 0 Å². The number of hydrogen-bond donors (Lipinski definition) is 1. The number of rotatable bonds is 15. The maximum absolute atomic E-state index is 11.0. The molecule has 0 saturated heterocycles. The minimum absolute atomic E-state index is 0.312. The summed E-state index contributed by atoms with van der Waals surface area (Å²) in [6.45, 7) is 2.26. The molecule has 3 heteroatoms. The Balaban J connectivity index is 3.27. The van der Waals surface area contributed by atoms with Crippen molar-refractivity contribution in [3.63, 3.8) is 0 Å². The molecule has 0 amide bonds. The molecule has 0 spiro atoms. The molecule has 0 aliphatic rings. The van der Waals surface area contributed by atoms with Gasteiger partial charge in [-0.25, -0.2) is 0 Å². The van der Waals surface area contributed by atoms with Crippen LogP contribution in [-0.4, -0.2) is 36.1 Å². The summed E-state index contributed by atoms with van der Waals surface area (Å²) in [5, 5.41) is 9.08. The summed E-state index contributed by atoms with van der Waals surface area (Å²) in [4.78, 5) is 12.8. The van der Waals surface area contributed by atoms with Gasteiger partial charge in [0.1, 0.15) is 6.04 Å². The smallest absolute Gasteiger partial charge is 0.320 e. The van der Waals surface area contributed by atoms with Gasteiger partial charge in [0.25, 0.3) is 0 Å². The van der Waals surface area contributed by atoms with Crippen molar-refractivity contribution in [2.45, 2.75) is 96.4 Å². The van der Waals surface area contributed by atoms with Crippen molar-refractivity contribution in [1.82, 2.24) is 4.90 Å². The summed E-state index contributed by atoms with van der Waals surface area (Å²) in [5.41, 5.74) is 0. The summed E-state index contributed by atoms with van der Waals surface area (Å²) in [7, 11) is 3.69. The van der Waals surface area contributed by atoms with Gasteiger partial charge in [-0.05, 0) is 20.5 Å². The molecule has 0 heterocycles. The monoisotopic (exact) mass is 299 g/mol. The average Bonchev–Trinajstić information content (AvgIpc) is 2.43. The van der Waals surface area contributed by atoms with E-state index in [1.165, 1.54) is 70.6 Å². The summed E-state index contributed by atoms with van der Waals surface area (Å²) in [5.74, 6) is -0.692. The van der Waals surface area contributed by atoms with E-state index in [0.717, 1.165) is 12.8 Å². The molecule has 0 radical (unpaired) electrons. The number of nitrogens with zero attached hydrogens (tertiary/aromatic N) is 1. The summed E-state index contributed by atoms with van der Waals surface area (Å²) < 4.78 is 0. The highest BCUT2D eigenvalue weighted by molar-refractivity contribution is 5.73. The molecular weight excluding hydrogens is 262 g/mol. The van der Waals surface area contributed by atoms with E-state index >= 15 is 0 Å². The molecule has 3 nitrogen and oxygen atoms in total. The SMILES string of the molecule is CCCCCCCCCCCCCC[C@@H](C(=O)O)N(C)C. The first-order valence-electron chi connectivity index (χ1n) is 8.98. The minimum Gasteiger partial charge on any atom is -0.480 e. The Morgan fingerprint density at radius 3 is 1.52 bits per heavy atom. The van der Waals surface area contributed by atoms with E-state index in [0.29, 0.717) is 0 Å². The van der Waals surface area contributed by atoms with Gasteiger partial charge >= 0.3 is 5.97 Å². The zero-order valence-electron chi connectivity index (χ0n) is 14.6. The minimum atomic E-state index is -0.692. The van der Waals surface area contributed by atoms with Gasteiger partial charge in [0.15, 0.2) is 0 Å². The van der Waals surface area contributed by atoms with Crippen LogP contribution >= 0.6 is 0 Å². The predicted octanol–water partition coefficient (Wildman–Crippen LogP) is 5.09. The number of carboxylic acid groups (broad SMARTS) is 1. The number of carboxylic acids is 1. The van der Waals surface area contributed by atoms with Gasteiger partial charge in [-0.3, -0.25) is 9.69 Å². The van der Waals surface area contributed by atoms with Crippen molar-refractivity contribution in [3.05, 3.63) is 0 Å². The van der Waals surface area contributed by atoms with Crippen molar-refractivity contribution < 1.29 is 9.90 Å². The lowest BCUT2D eigenvalue weighted by molar-refractivity contribution is -0.142. The lowest BCUT2D eigenvalue weighted by atomic mass is 10.0. The van der Waals surface area contributed by atoms with Crippen LogP contribution in [0.25, 0.3) is 0 Å². The zero-order chi connectivity index (χ0) is 15.9. The van der Waals surface area contributed by atoms with Gasteiger partial charge in [-0.1, -0.05) is 84.0 Å². The van der Waals surface area contributed by atoms with Crippen LogP contribution in [0.2, 0.25) is 0 Å². The molecule has 0 aliphatic heterocycles. The van der Waals surface area contributed by atoms with Crippen LogP contribution in [-0.2, 0) is 4.79 Å². The normalized spacial score (nSPS) is 12.8. The fraction of sp³-hybridized carbons (Fsp3) is 0.944. The molecule has 1 atom stereocenters. The fourth-order valence-electron chi connectivity index (χ4n) is 2.78. The molecule has 0 aliphatic carbocycles. The summed E-state index contributed by atoms with van der Waals surface area (Å²) in [6, 6.07) is -0.312. The van der Waals surface area contributed by atoms with Gasteiger partial charge in [0.2, 0.25) is 0 Å². The van der Waals surface area contributed by atoms with E-state index in [-0.39, 0.29) is 6.04 Å². The molecule has 0 aromatic rings. The van der Waals surface area contributed by atoms with Crippen molar-refractivity contribution in [3.8, 4) is 0 Å². The average molecular weight is 299 g/mol. The first-order valence-corrected chi connectivity index (χ1v) is 8.98. The standard InChI is InChI=1S/C18H37NO2/c1-4-5-6-7-8-9-10-11-12-13-14-15-16-17(18(20)21)19(2)3/h17H,4-16H2,1-3H3,(H,20,21)/t17-/m0/s1. The molecule has 126 valence electrons. The second-order valence-electron chi connectivity index (χ2n) is 6.50. The topological polar surface area (TPSA) is 40.5 Å². The quantitative estimate of drug-likeness (QED) is 0.428. The Morgan fingerprint density at radius 1 is 0.810 bits per heavy atom. The Morgan fingerprint density at radius 2 is 1.19 bits per heavy atom. The molecular formula is C18H37NO2. The fourth-order valence-corrected chi connectivity index (χ4v) is 2.78. The van der Waals surface area contributed by atoms with Crippen LogP contribution in [0.3, 0.4) is 0 Å². The highest BCUT2D eigenvalue weighted by Crippen LogP contribution is 2.13. The van der Waals surface area contributed by atoms with E-state index in [4.69, 9.17) is 5.11 Å². The maximum Gasteiger partial charge on any atom is 0.320 e. The van der Waals surface area contributed by atoms with Crippen LogP contribution in [0.1, 0.15) is 90.4 Å². The predicted molar refractivity (Wildman–Crippen MR) is 90.8 cm³/mol. The molecule has 1 N–H and O–H groups in total. The van der Waals surface area contributed by atoms with Crippen LogP contribution in [0.4, 0.5) is 0 Å². The Labute approximate surface area is 132 Å². The third kappa shape index (κ3) is 12.9. The van der Waals surface area contributed by atoms with Gasteiger partial charge < -0.3 is 5.11 Å². The van der Waals surface area contributed by atoms with Crippen molar-refractivity contribution in [2.24, 2.45) is 0 Å². The Bertz CT molecular complexity index is 241. The number of aliphatic carboxylic acids is 1. The second kappa shape index (κ2) is 14.4. The van der Waals surface area contributed by atoms with E-state index in [1.54, 1.807) is 4.90 Å². The third-order valence-electron chi connectivity index (χ3n) is 4.24. The number of unbranched alkanes of at least 4 members (excludes halogenated alkanes) is 11. The zero-order valence-corrected chi connectivity index (χ0v) is 14.6. The second-order valence-corrected chi connectivity index (χ2v) is 6.50. The molecule has 0 rings (SSSR count). The first kappa shape index (κ1) is 20.4. The van der Waals surface area contributed by atoms with Crippen LogP contribution in [0.5, 0.6) is 0 Å². The Hall–Kier alpha value is -0.570. The number of likely N-dealkylation sites (N-methyl/N-ethyl adjacent to an activating group) is 1. The van der Waals surface area contributed by atoms with Gasteiger partial charge in [0.05, 0.1) is 0 Å². The summed E-state index contributed by atoms with van der Waals surface area (Å²) >= 11 is 0. The first-order chi connectivity index (χ1) is 10.1. The third-order valence-corrected chi connectivity index (χ3v) is 4.24. The number of carbonyl (C=O) groups is 1. The summed E-state index contributed by atoms with van der Waals surface area (Å²) in [6.07, 6.45) is 16.6. The molecule has 0 saturated carbocycles. The highest BCUT2D eigenvalue weighted by atomic mass is 16.4. The molecule has 0 bridgehead atoms. The van der Waals surface area contributed by atoms with Crippen LogP contribution in [0, 0.1) is 0 Å². The van der Waals surface area contributed by atoms with Crippen molar-refractivity contribution in [1.29, 1.82) is 0 Å². The van der Waals surface area contributed by atoms with Gasteiger partial charge in [-0.2, -0.15) is 0 Å². The van der Waals surface area contributed by atoms with E-state index < -0.39 is 5.97 Å². The Kier molecular flexibility index (Phi) is 14.0. The van der Waals surface area contributed by atoms with Crippen molar-refractivity contribution >= 4 is 5.97 Å². The highest BCUT2D eigenvalue weighted by Gasteiger charge is 2.18. The molecule has 0 aromatic heterocycles. The molecule has 21 heavy (non-hydrogen) atoms. The van der Waals surface area contributed by atoms with E-state index in [2.05, 4.69) is 6.92 Å². The molecule has 0 fully saturated rings. The van der Waals surface area contributed by atoms with Gasteiger partial charge in [-0.15, -0.1) is 0 Å². The van der Waals surface area contributed by atoms with Crippen molar-refractivity contribution in [2.75, 3.05) is 14.1 Å².